The largest absolute Gasteiger partial charge is 0.481 e. The molecule has 1 N–H and O–H groups in total. The molecule has 1 aromatic carbocycles. The number of hydrogen-bond acceptors (Lipinski definition) is 4. The van der Waals surface area contributed by atoms with Crippen LogP contribution in [0.25, 0.3) is 0 Å². The van der Waals surface area contributed by atoms with Gasteiger partial charge in [-0.05, 0) is 19.1 Å². The van der Waals surface area contributed by atoms with Gasteiger partial charge in [-0.25, -0.2) is 8.42 Å². The van der Waals surface area contributed by atoms with E-state index in [-0.39, 0.29) is 16.5 Å². The van der Waals surface area contributed by atoms with Gasteiger partial charge in [0.15, 0.2) is 15.7 Å². The Kier molecular flexibility index (Phi) is 3.85. The Morgan fingerprint density at radius 1 is 1.33 bits per heavy atom. The summed E-state index contributed by atoms with van der Waals surface area (Å²) in [7, 11) is -3.43. The second kappa shape index (κ2) is 4.93. The van der Waals surface area contributed by atoms with Crippen molar-refractivity contribution >= 4 is 15.7 Å². The standard InChI is InChI=1S/C10H13NO3S/c1-2-14-10(11)8-15(12,13)9-6-4-3-5-7-9/h3-7,11H,2,8H2,1H3. The van der Waals surface area contributed by atoms with E-state index in [1.54, 1.807) is 25.1 Å². The van der Waals surface area contributed by atoms with E-state index < -0.39 is 9.84 Å². The van der Waals surface area contributed by atoms with Crippen LogP contribution in [0.2, 0.25) is 0 Å². The fourth-order valence-corrected chi connectivity index (χ4v) is 2.27. The van der Waals surface area contributed by atoms with Gasteiger partial charge >= 0.3 is 0 Å². The summed E-state index contributed by atoms with van der Waals surface area (Å²) in [6.07, 6.45) is 0. The Morgan fingerprint density at radius 2 is 1.93 bits per heavy atom. The highest BCUT2D eigenvalue weighted by molar-refractivity contribution is 7.92. The summed E-state index contributed by atoms with van der Waals surface area (Å²) >= 11 is 0. The molecular formula is C10H13NO3S. The van der Waals surface area contributed by atoms with Gasteiger partial charge in [0, 0.05) is 0 Å². The van der Waals surface area contributed by atoms with Gasteiger partial charge in [0.2, 0.25) is 0 Å². The van der Waals surface area contributed by atoms with Crippen LogP contribution in [0.3, 0.4) is 0 Å². The van der Waals surface area contributed by atoms with Gasteiger partial charge in [0.1, 0.15) is 5.75 Å². The van der Waals surface area contributed by atoms with Crippen LogP contribution >= 0.6 is 0 Å². The summed E-state index contributed by atoms with van der Waals surface area (Å²) in [4.78, 5) is 0.217. The van der Waals surface area contributed by atoms with Crippen molar-refractivity contribution in [1.29, 1.82) is 5.41 Å². The fourth-order valence-electron chi connectivity index (χ4n) is 1.10. The van der Waals surface area contributed by atoms with Gasteiger partial charge in [-0.2, -0.15) is 0 Å². The minimum absolute atomic E-state index is 0.217. The molecule has 82 valence electrons. The molecule has 0 aliphatic carbocycles. The number of benzene rings is 1. The molecule has 1 rings (SSSR count). The van der Waals surface area contributed by atoms with Gasteiger partial charge in [0.05, 0.1) is 11.5 Å². The molecule has 0 bridgehead atoms. The van der Waals surface area contributed by atoms with Crippen LogP contribution in [-0.4, -0.2) is 26.7 Å². The summed E-state index contributed by atoms with van der Waals surface area (Å²) in [5.74, 6) is -0.605. The molecule has 4 nitrogen and oxygen atoms in total. The van der Waals surface area contributed by atoms with Crippen molar-refractivity contribution in [2.45, 2.75) is 11.8 Å². The second-order valence-corrected chi connectivity index (χ2v) is 4.92. The molecule has 0 radical (unpaired) electrons. The highest BCUT2D eigenvalue weighted by atomic mass is 32.2. The molecule has 0 heterocycles. The van der Waals surface area contributed by atoms with Gasteiger partial charge in [-0.3, -0.25) is 5.41 Å². The van der Waals surface area contributed by atoms with Crippen LogP contribution in [-0.2, 0) is 14.6 Å². The number of nitrogens with one attached hydrogen (secondary N) is 1. The maximum atomic E-state index is 11.7. The molecule has 5 heteroatoms. The Hall–Kier alpha value is -1.36. The summed E-state index contributed by atoms with van der Waals surface area (Å²) in [5.41, 5.74) is 0. The molecule has 15 heavy (non-hydrogen) atoms. The van der Waals surface area contributed by atoms with Gasteiger partial charge in [-0.15, -0.1) is 0 Å². The minimum atomic E-state index is -3.43. The number of hydrogen-bond donors (Lipinski definition) is 1. The van der Waals surface area contributed by atoms with Crippen molar-refractivity contribution in [3.63, 3.8) is 0 Å². The van der Waals surface area contributed by atoms with E-state index in [1.165, 1.54) is 12.1 Å². The van der Waals surface area contributed by atoms with E-state index in [9.17, 15) is 8.42 Å². The lowest BCUT2D eigenvalue weighted by atomic mass is 10.4. The topological polar surface area (TPSA) is 67.2 Å². The zero-order valence-corrected chi connectivity index (χ0v) is 9.25. The number of ether oxygens (including phenoxy) is 1. The van der Waals surface area contributed by atoms with Crippen molar-refractivity contribution in [3.8, 4) is 0 Å². The smallest absolute Gasteiger partial charge is 0.196 e. The van der Waals surface area contributed by atoms with Crippen LogP contribution in [0.1, 0.15) is 6.92 Å². The average Bonchev–Trinajstić information content (AvgIpc) is 2.18. The summed E-state index contributed by atoms with van der Waals surface area (Å²) in [6, 6.07) is 8.06. The average molecular weight is 227 g/mol. The summed E-state index contributed by atoms with van der Waals surface area (Å²) in [6.45, 7) is 2.02. The molecule has 0 atom stereocenters. The summed E-state index contributed by atoms with van der Waals surface area (Å²) in [5, 5.41) is 7.29. The molecular weight excluding hydrogens is 214 g/mol. The van der Waals surface area contributed by atoms with E-state index in [4.69, 9.17) is 10.1 Å². The monoisotopic (exact) mass is 227 g/mol. The van der Waals surface area contributed by atoms with E-state index in [0.717, 1.165) is 0 Å². The van der Waals surface area contributed by atoms with E-state index in [1.807, 2.05) is 0 Å². The van der Waals surface area contributed by atoms with Crippen molar-refractivity contribution in [3.05, 3.63) is 30.3 Å². The Bertz CT molecular complexity index is 425. The molecule has 0 aliphatic rings. The zero-order valence-electron chi connectivity index (χ0n) is 8.43. The maximum Gasteiger partial charge on any atom is 0.196 e. The van der Waals surface area contributed by atoms with E-state index in [2.05, 4.69) is 0 Å². The lowest BCUT2D eigenvalue weighted by Gasteiger charge is -2.05. The third-order valence-electron chi connectivity index (χ3n) is 1.74. The molecule has 1 aromatic rings. The lowest BCUT2D eigenvalue weighted by molar-refractivity contribution is 0.322. The molecule has 0 spiro atoms. The van der Waals surface area contributed by atoms with Gasteiger partial charge in [-0.1, -0.05) is 18.2 Å². The van der Waals surface area contributed by atoms with E-state index >= 15 is 0 Å². The van der Waals surface area contributed by atoms with Crippen LogP contribution in [0.4, 0.5) is 0 Å². The molecule has 0 aliphatic heterocycles. The Balaban J connectivity index is 2.81. The van der Waals surface area contributed by atoms with Gasteiger partial charge < -0.3 is 4.74 Å². The first-order valence-electron chi connectivity index (χ1n) is 4.54. The summed E-state index contributed by atoms with van der Waals surface area (Å²) < 4.78 is 28.2. The van der Waals surface area contributed by atoms with Crippen molar-refractivity contribution in [2.75, 3.05) is 12.4 Å². The van der Waals surface area contributed by atoms with E-state index in [0.29, 0.717) is 6.61 Å². The first kappa shape index (κ1) is 11.7. The minimum Gasteiger partial charge on any atom is -0.481 e. The number of sulfone groups is 1. The Labute approximate surface area is 89.3 Å². The van der Waals surface area contributed by atoms with Crippen molar-refractivity contribution in [2.24, 2.45) is 0 Å². The second-order valence-electron chi connectivity index (χ2n) is 2.93. The third kappa shape index (κ3) is 3.36. The van der Waals surface area contributed by atoms with Crippen LogP contribution < -0.4 is 0 Å². The SMILES string of the molecule is CCOC(=N)CS(=O)(=O)c1ccccc1. The fraction of sp³-hybridized carbons (Fsp3) is 0.300. The van der Waals surface area contributed by atoms with Crippen molar-refractivity contribution in [1.82, 2.24) is 0 Å². The Morgan fingerprint density at radius 3 is 2.47 bits per heavy atom. The molecule has 0 amide bonds. The molecule has 0 unspecified atom stereocenters. The lowest BCUT2D eigenvalue weighted by Crippen LogP contribution is -2.17. The third-order valence-corrected chi connectivity index (χ3v) is 3.37. The maximum absolute atomic E-state index is 11.7. The molecule has 0 saturated heterocycles. The molecule has 0 saturated carbocycles. The predicted molar refractivity (Wildman–Crippen MR) is 57.8 cm³/mol. The van der Waals surface area contributed by atoms with Crippen molar-refractivity contribution < 1.29 is 13.2 Å². The molecule has 0 aromatic heterocycles. The number of rotatable bonds is 4. The normalized spacial score (nSPS) is 11.0. The predicted octanol–water partition coefficient (Wildman–Crippen LogP) is 1.47. The highest BCUT2D eigenvalue weighted by Crippen LogP contribution is 2.10. The van der Waals surface area contributed by atoms with Crippen LogP contribution in [0, 0.1) is 5.41 Å². The molecule has 0 fully saturated rings. The quantitative estimate of drug-likeness (QED) is 0.625. The first-order valence-corrected chi connectivity index (χ1v) is 6.19. The first-order chi connectivity index (χ1) is 7.06. The zero-order chi connectivity index (χ0) is 11.3. The van der Waals surface area contributed by atoms with Gasteiger partial charge in [0.25, 0.3) is 0 Å². The van der Waals surface area contributed by atoms with Crippen LogP contribution in [0.5, 0.6) is 0 Å². The van der Waals surface area contributed by atoms with Crippen LogP contribution in [0.15, 0.2) is 35.2 Å². The highest BCUT2D eigenvalue weighted by Gasteiger charge is 2.17.